The molecule has 0 unspecified atom stereocenters. The number of nitrogens with one attached hydrogen (secondary N) is 2. The highest BCUT2D eigenvalue weighted by Crippen LogP contribution is 2.23. The van der Waals surface area contributed by atoms with Crippen molar-refractivity contribution in [2.45, 2.75) is 38.5 Å². The SMILES string of the molecule is Cc1cccc(NC(=O)CNC(=O)c2ccc(S(=O)(=O)N3CCC(C)CC3)cc2)c1C. The standard InChI is InChI=1S/C23H29N3O4S/c1-16-11-13-26(14-12-16)31(29,30)20-9-7-19(8-10-20)23(28)24-15-22(27)25-21-6-4-5-17(2)18(21)3/h4-10,16H,11-15H2,1-3H3,(H,24,28)(H,25,27). The van der Waals surface area contributed by atoms with E-state index in [1.807, 2.05) is 32.0 Å². The zero-order valence-electron chi connectivity index (χ0n) is 18.1. The number of amides is 2. The molecule has 2 amide bonds. The Labute approximate surface area is 183 Å². The Morgan fingerprint density at radius 2 is 1.68 bits per heavy atom. The summed E-state index contributed by atoms with van der Waals surface area (Å²) in [4.78, 5) is 24.7. The third kappa shape index (κ3) is 5.51. The van der Waals surface area contributed by atoms with Crippen LogP contribution in [-0.2, 0) is 14.8 Å². The first-order chi connectivity index (χ1) is 14.7. The second kappa shape index (κ2) is 9.62. The van der Waals surface area contributed by atoms with Crippen LogP contribution in [0.2, 0.25) is 0 Å². The molecular weight excluding hydrogens is 414 g/mol. The molecule has 1 heterocycles. The minimum Gasteiger partial charge on any atom is -0.343 e. The van der Waals surface area contributed by atoms with E-state index < -0.39 is 15.9 Å². The van der Waals surface area contributed by atoms with Crippen LogP contribution in [0.3, 0.4) is 0 Å². The third-order valence-electron chi connectivity index (χ3n) is 5.79. The van der Waals surface area contributed by atoms with Gasteiger partial charge in [0, 0.05) is 24.3 Å². The van der Waals surface area contributed by atoms with Crippen LogP contribution in [0.15, 0.2) is 47.4 Å². The van der Waals surface area contributed by atoms with Gasteiger partial charge in [-0.2, -0.15) is 4.31 Å². The number of benzene rings is 2. The normalized spacial score (nSPS) is 15.5. The van der Waals surface area contributed by atoms with Gasteiger partial charge >= 0.3 is 0 Å². The number of sulfonamides is 1. The molecule has 2 aromatic rings. The maximum absolute atomic E-state index is 12.8. The molecule has 0 saturated carbocycles. The first kappa shape index (κ1) is 23.0. The van der Waals surface area contributed by atoms with E-state index in [0.29, 0.717) is 30.3 Å². The molecule has 0 radical (unpaired) electrons. The van der Waals surface area contributed by atoms with Gasteiger partial charge in [-0.3, -0.25) is 9.59 Å². The van der Waals surface area contributed by atoms with Crippen LogP contribution < -0.4 is 10.6 Å². The summed E-state index contributed by atoms with van der Waals surface area (Å²) >= 11 is 0. The minimum atomic E-state index is -3.56. The van der Waals surface area contributed by atoms with Gasteiger partial charge in [-0.15, -0.1) is 0 Å². The Hall–Kier alpha value is -2.71. The van der Waals surface area contributed by atoms with Gasteiger partial charge in [-0.05, 0) is 74.1 Å². The highest BCUT2D eigenvalue weighted by molar-refractivity contribution is 7.89. The maximum atomic E-state index is 12.8. The van der Waals surface area contributed by atoms with E-state index in [2.05, 4.69) is 17.6 Å². The summed E-state index contributed by atoms with van der Waals surface area (Å²) in [6.07, 6.45) is 1.70. The lowest BCUT2D eigenvalue weighted by Gasteiger charge is -2.29. The summed E-state index contributed by atoms with van der Waals surface area (Å²) < 4.78 is 27.1. The zero-order chi connectivity index (χ0) is 22.6. The summed E-state index contributed by atoms with van der Waals surface area (Å²) in [5, 5.41) is 5.36. The molecule has 8 heteroatoms. The van der Waals surface area contributed by atoms with Crippen molar-refractivity contribution in [1.29, 1.82) is 0 Å². The monoisotopic (exact) mass is 443 g/mol. The molecule has 7 nitrogen and oxygen atoms in total. The predicted molar refractivity (Wildman–Crippen MR) is 120 cm³/mol. The Balaban J connectivity index is 1.57. The van der Waals surface area contributed by atoms with Crippen molar-refractivity contribution in [3.63, 3.8) is 0 Å². The van der Waals surface area contributed by atoms with Crippen LogP contribution in [0.1, 0.15) is 41.3 Å². The van der Waals surface area contributed by atoms with Crippen LogP contribution in [0.4, 0.5) is 5.69 Å². The van der Waals surface area contributed by atoms with Gasteiger partial charge in [-0.1, -0.05) is 19.1 Å². The van der Waals surface area contributed by atoms with Gasteiger partial charge in [-0.25, -0.2) is 8.42 Å². The fourth-order valence-corrected chi connectivity index (χ4v) is 4.97. The molecule has 166 valence electrons. The number of carbonyl (C=O) groups excluding carboxylic acids is 2. The highest BCUT2D eigenvalue weighted by Gasteiger charge is 2.28. The van der Waals surface area contributed by atoms with Crippen LogP contribution >= 0.6 is 0 Å². The van der Waals surface area contributed by atoms with Crippen molar-refractivity contribution < 1.29 is 18.0 Å². The summed E-state index contributed by atoms with van der Waals surface area (Å²) in [5.41, 5.74) is 3.05. The second-order valence-corrected chi connectivity index (χ2v) is 10.0. The largest absolute Gasteiger partial charge is 0.343 e. The number of piperidine rings is 1. The molecule has 0 aromatic heterocycles. The van der Waals surface area contributed by atoms with E-state index in [4.69, 9.17) is 0 Å². The lowest BCUT2D eigenvalue weighted by Crippen LogP contribution is -2.37. The fourth-order valence-electron chi connectivity index (χ4n) is 3.50. The summed E-state index contributed by atoms with van der Waals surface area (Å²) in [6, 6.07) is 11.5. The van der Waals surface area contributed by atoms with Gasteiger partial charge < -0.3 is 10.6 Å². The number of hydrogen-bond donors (Lipinski definition) is 2. The van der Waals surface area contributed by atoms with Crippen molar-refractivity contribution in [1.82, 2.24) is 9.62 Å². The number of anilines is 1. The Kier molecular flexibility index (Phi) is 7.12. The predicted octanol–water partition coefficient (Wildman–Crippen LogP) is 3.09. The molecule has 0 bridgehead atoms. The topological polar surface area (TPSA) is 95.6 Å². The molecule has 1 saturated heterocycles. The van der Waals surface area contributed by atoms with Crippen molar-refractivity contribution >= 4 is 27.5 Å². The van der Waals surface area contributed by atoms with E-state index in [9.17, 15) is 18.0 Å². The second-order valence-electron chi connectivity index (χ2n) is 8.09. The highest BCUT2D eigenvalue weighted by atomic mass is 32.2. The Morgan fingerprint density at radius 3 is 2.32 bits per heavy atom. The summed E-state index contributed by atoms with van der Waals surface area (Å²) in [6.45, 7) is 6.85. The number of hydrogen-bond acceptors (Lipinski definition) is 4. The van der Waals surface area contributed by atoms with E-state index in [1.165, 1.54) is 28.6 Å². The lowest BCUT2D eigenvalue weighted by atomic mass is 10.0. The van der Waals surface area contributed by atoms with E-state index in [-0.39, 0.29) is 17.3 Å². The molecule has 0 spiro atoms. The van der Waals surface area contributed by atoms with Gasteiger partial charge in [0.15, 0.2) is 0 Å². The van der Waals surface area contributed by atoms with E-state index in [0.717, 1.165) is 24.0 Å². The fraction of sp³-hybridized carbons (Fsp3) is 0.391. The molecule has 1 fully saturated rings. The quantitative estimate of drug-likeness (QED) is 0.717. The van der Waals surface area contributed by atoms with Gasteiger partial charge in [0.1, 0.15) is 0 Å². The van der Waals surface area contributed by atoms with Crippen LogP contribution in [0.25, 0.3) is 0 Å². The van der Waals surface area contributed by atoms with Gasteiger partial charge in [0.05, 0.1) is 11.4 Å². The molecule has 2 aromatic carbocycles. The molecule has 0 atom stereocenters. The van der Waals surface area contributed by atoms with Gasteiger partial charge in [0.2, 0.25) is 15.9 Å². The molecule has 2 N–H and O–H groups in total. The smallest absolute Gasteiger partial charge is 0.251 e. The molecular formula is C23H29N3O4S. The molecule has 3 rings (SSSR count). The molecule has 31 heavy (non-hydrogen) atoms. The average molecular weight is 444 g/mol. The van der Waals surface area contributed by atoms with Gasteiger partial charge in [0.25, 0.3) is 5.91 Å². The number of carbonyl (C=O) groups is 2. The zero-order valence-corrected chi connectivity index (χ0v) is 19.0. The average Bonchev–Trinajstić information content (AvgIpc) is 2.75. The first-order valence-electron chi connectivity index (χ1n) is 10.4. The van der Waals surface area contributed by atoms with E-state index in [1.54, 1.807) is 0 Å². The molecule has 1 aliphatic heterocycles. The number of rotatable bonds is 6. The number of nitrogens with zero attached hydrogens (tertiary/aromatic N) is 1. The van der Waals surface area contributed by atoms with Crippen molar-refractivity contribution in [2.75, 3.05) is 25.0 Å². The first-order valence-corrected chi connectivity index (χ1v) is 11.9. The summed E-state index contributed by atoms with van der Waals surface area (Å²) in [5.74, 6) is -0.239. The van der Waals surface area contributed by atoms with Crippen molar-refractivity contribution in [2.24, 2.45) is 5.92 Å². The summed E-state index contributed by atoms with van der Waals surface area (Å²) in [7, 11) is -3.56. The molecule has 0 aliphatic carbocycles. The van der Waals surface area contributed by atoms with Crippen LogP contribution in [0, 0.1) is 19.8 Å². The maximum Gasteiger partial charge on any atom is 0.251 e. The lowest BCUT2D eigenvalue weighted by molar-refractivity contribution is -0.115. The minimum absolute atomic E-state index is 0.172. The van der Waals surface area contributed by atoms with Crippen molar-refractivity contribution in [3.05, 3.63) is 59.2 Å². The van der Waals surface area contributed by atoms with Crippen LogP contribution in [0.5, 0.6) is 0 Å². The number of aryl methyl sites for hydroxylation is 1. The van der Waals surface area contributed by atoms with E-state index >= 15 is 0 Å². The Morgan fingerprint density at radius 1 is 1.03 bits per heavy atom. The third-order valence-corrected chi connectivity index (χ3v) is 7.70. The molecule has 1 aliphatic rings. The Bertz CT molecular complexity index is 1060. The van der Waals surface area contributed by atoms with Crippen LogP contribution in [-0.4, -0.2) is 44.2 Å². The van der Waals surface area contributed by atoms with Crippen molar-refractivity contribution in [3.8, 4) is 0 Å².